The molecule has 0 aliphatic rings. The fraction of sp³-hybridized carbons (Fsp3) is 0.611. The van der Waals surface area contributed by atoms with Crippen molar-refractivity contribution >= 4 is 36.4 Å². The van der Waals surface area contributed by atoms with Gasteiger partial charge in [0.15, 0.2) is 17.6 Å². The number of aromatic nitrogens is 4. The molecule has 32 heavy (non-hydrogen) atoms. The lowest BCUT2D eigenvalue weighted by Gasteiger charge is -2.30. The Labute approximate surface area is 185 Å². The smallest absolute Gasteiger partial charge is 0.335 e. The number of rotatable bonds is 12. The van der Waals surface area contributed by atoms with E-state index in [-0.39, 0.29) is 19.0 Å². The topological polar surface area (TPSA) is 181 Å². The number of anilines is 1. The van der Waals surface area contributed by atoms with Gasteiger partial charge in [-0.25, -0.2) is 24.8 Å². The van der Waals surface area contributed by atoms with Gasteiger partial charge in [0.05, 0.1) is 25.6 Å². The van der Waals surface area contributed by atoms with Gasteiger partial charge in [-0.3, -0.25) is 9.36 Å². The minimum absolute atomic E-state index is 0.116. The summed E-state index contributed by atoms with van der Waals surface area (Å²) in [7, 11) is -3.95. The van der Waals surface area contributed by atoms with Crippen LogP contribution in [0.2, 0.25) is 0 Å². The van der Waals surface area contributed by atoms with E-state index in [1.54, 1.807) is 18.4 Å². The molecular weight excluding hydrogens is 443 g/mol. The predicted octanol–water partition coefficient (Wildman–Crippen LogP) is 1.39. The summed E-state index contributed by atoms with van der Waals surface area (Å²) in [6.07, 6.45) is 0.652. The molecule has 2 rings (SSSR count). The number of nitrogens with two attached hydrogens (primary N) is 1. The number of ether oxygens (including phenoxy) is 2. The highest BCUT2D eigenvalue weighted by molar-refractivity contribution is 7.56. The van der Waals surface area contributed by atoms with Crippen LogP contribution in [0.1, 0.15) is 34.6 Å². The van der Waals surface area contributed by atoms with E-state index in [1.807, 2.05) is 0 Å². The molecule has 0 aromatic carbocycles. The second-order valence-corrected chi connectivity index (χ2v) is 9.69. The van der Waals surface area contributed by atoms with Gasteiger partial charge in [-0.2, -0.15) is 0 Å². The van der Waals surface area contributed by atoms with Crippen LogP contribution in [-0.4, -0.2) is 67.3 Å². The number of nitrogens with zero attached hydrogens (tertiary/aromatic N) is 4. The predicted molar refractivity (Wildman–Crippen MR) is 115 cm³/mol. The summed E-state index contributed by atoms with van der Waals surface area (Å²) >= 11 is 0. The number of nitrogens with one attached hydrogen (secondary N) is 1. The molecular formula is C18H29N6O7P. The van der Waals surface area contributed by atoms with Crippen molar-refractivity contribution in [3.05, 3.63) is 12.7 Å². The maximum atomic E-state index is 13.4. The first-order chi connectivity index (χ1) is 14.9. The average molecular weight is 472 g/mol. The van der Waals surface area contributed by atoms with Crippen LogP contribution in [0.4, 0.5) is 5.82 Å². The van der Waals surface area contributed by atoms with Gasteiger partial charge < -0.3 is 29.4 Å². The average Bonchev–Trinajstić information content (AvgIpc) is 3.10. The third kappa shape index (κ3) is 6.45. The lowest BCUT2D eigenvalue weighted by Crippen LogP contribution is -2.46. The molecule has 14 heteroatoms. The Kier molecular flexibility index (Phi) is 8.29. The van der Waals surface area contributed by atoms with Crippen molar-refractivity contribution in [2.24, 2.45) is 0 Å². The Morgan fingerprint density at radius 1 is 1.31 bits per heavy atom. The largest absolute Gasteiger partial charge is 0.480 e. The number of nitrogen functional groups attached to an aromatic ring is 1. The first-order valence-corrected chi connectivity index (χ1v) is 11.7. The molecule has 4 N–H and O–H groups in total. The van der Waals surface area contributed by atoms with E-state index in [4.69, 9.17) is 19.7 Å². The van der Waals surface area contributed by atoms with Gasteiger partial charge in [0, 0.05) is 0 Å². The van der Waals surface area contributed by atoms with Crippen molar-refractivity contribution in [1.29, 1.82) is 0 Å². The number of hydrogen-bond donors (Lipinski definition) is 3. The number of carbonyl (C=O) groups is 2. The van der Waals surface area contributed by atoms with Gasteiger partial charge in [-0.15, -0.1) is 0 Å². The maximum Gasteiger partial charge on any atom is 0.335 e. The molecule has 0 saturated carbocycles. The number of aliphatic carboxylic acids is 1. The molecule has 0 fully saturated rings. The van der Waals surface area contributed by atoms with Crippen molar-refractivity contribution in [2.75, 3.05) is 18.7 Å². The van der Waals surface area contributed by atoms with E-state index in [2.05, 4.69) is 20.0 Å². The molecule has 0 amide bonds. The number of carbonyl (C=O) groups excluding carboxylic acids is 1. The van der Waals surface area contributed by atoms with Gasteiger partial charge in [0.1, 0.15) is 23.7 Å². The quantitative estimate of drug-likeness (QED) is 0.299. The molecule has 2 heterocycles. The number of hydrogen-bond acceptors (Lipinski definition) is 10. The zero-order valence-corrected chi connectivity index (χ0v) is 19.5. The summed E-state index contributed by atoms with van der Waals surface area (Å²) in [5, 5.41) is 11.9. The normalized spacial score (nSPS) is 15.8. The van der Waals surface area contributed by atoms with Crippen LogP contribution >= 0.6 is 7.52 Å². The number of esters is 1. The summed E-state index contributed by atoms with van der Waals surface area (Å²) in [6, 6.07) is 0. The first-order valence-electron chi connectivity index (χ1n) is 9.88. The van der Waals surface area contributed by atoms with Gasteiger partial charge in [0.25, 0.3) is 7.52 Å². The van der Waals surface area contributed by atoms with Gasteiger partial charge >= 0.3 is 11.9 Å². The molecule has 0 saturated heterocycles. The zero-order chi connectivity index (χ0) is 24.1. The standard InChI is InChI=1S/C18H29N6O7P/c1-6-29-16(25)12(3)31-32(28,23-18(4,5)17(26)27)10-30-11(2)7-24-9-22-13-14(19)20-8-21-15(13)24/h8-9,11-12H,6-7,10H2,1-5H3,(H,23,28)(H,26,27)(H2,19,20,21)/t11-,12+,32?/m1/s1. The maximum absolute atomic E-state index is 13.4. The molecule has 13 nitrogen and oxygen atoms in total. The van der Waals surface area contributed by atoms with E-state index in [1.165, 1.54) is 33.4 Å². The summed E-state index contributed by atoms with van der Waals surface area (Å²) in [5.74, 6) is -1.73. The molecule has 0 spiro atoms. The van der Waals surface area contributed by atoms with Crippen LogP contribution < -0.4 is 10.8 Å². The van der Waals surface area contributed by atoms with Gasteiger partial charge in [0.2, 0.25) is 0 Å². The molecule has 0 aliphatic heterocycles. The van der Waals surface area contributed by atoms with Crippen molar-refractivity contribution < 1.29 is 33.3 Å². The van der Waals surface area contributed by atoms with Crippen LogP contribution in [0.15, 0.2) is 12.7 Å². The Morgan fingerprint density at radius 3 is 2.62 bits per heavy atom. The Bertz CT molecular complexity index is 1010. The Morgan fingerprint density at radius 2 is 2.00 bits per heavy atom. The van der Waals surface area contributed by atoms with Crippen LogP contribution in [0.3, 0.4) is 0 Å². The van der Waals surface area contributed by atoms with Crippen molar-refractivity contribution in [3.8, 4) is 0 Å². The van der Waals surface area contributed by atoms with Crippen molar-refractivity contribution in [1.82, 2.24) is 24.6 Å². The summed E-state index contributed by atoms with van der Waals surface area (Å²) in [6.45, 7) is 7.76. The summed E-state index contributed by atoms with van der Waals surface area (Å²) in [4.78, 5) is 35.7. The molecule has 2 aromatic heterocycles. The highest BCUT2D eigenvalue weighted by Gasteiger charge is 2.39. The summed E-state index contributed by atoms with van der Waals surface area (Å²) in [5.41, 5.74) is 5.13. The van der Waals surface area contributed by atoms with E-state index in [0.717, 1.165) is 0 Å². The summed E-state index contributed by atoms with van der Waals surface area (Å²) < 4.78 is 31.1. The molecule has 1 unspecified atom stereocenters. The van der Waals surface area contributed by atoms with Crippen molar-refractivity contribution in [2.45, 2.75) is 58.9 Å². The van der Waals surface area contributed by atoms with Gasteiger partial charge in [-0.05, 0) is 34.6 Å². The SMILES string of the molecule is CCOC(=O)[C@H](C)OP(=O)(CO[C@H](C)Cn1cnc2c(N)ncnc21)NC(C)(C)C(=O)O. The number of carboxylic acids is 1. The first kappa shape index (κ1) is 25.7. The minimum Gasteiger partial charge on any atom is -0.480 e. The monoisotopic (exact) mass is 472 g/mol. The Balaban J connectivity index is 2.13. The zero-order valence-electron chi connectivity index (χ0n) is 18.6. The van der Waals surface area contributed by atoms with Crippen LogP contribution in [0, 0.1) is 0 Å². The number of imidazole rings is 1. The van der Waals surface area contributed by atoms with Crippen LogP contribution in [0.25, 0.3) is 11.2 Å². The number of carboxylic acid groups (broad SMARTS) is 1. The molecule has 3 atom stereocenters. The second kappa shape index (κ2) is 10.3. The van der Waals surface area contributed by atoms with Crippen LogP contribution in [-0.2, 0) is 34.7 Å². The van der Waals surface area contributed by atoms with Crippen LogP contribution in [0.5, 0.6) is 0 Å². The Hall–Kier alpha value is -2.60. The van der Waals surface area contributed by atoms with E-state index >= 15 is 0 Å². The molecule has 0 radical (unpaired) electrons. The lowest BCUT2D eigenvalue weighted by molar-refractivity contribution is -0.150. The van der Waals surface area contributed by atoms with E-state index in [0.29, 0.717) is 11.2 Å². The number of fused-ring (bicyclic) bond motifs is 1. The van der Waals surface area contributed by atoms with Crippen molar-refractivity contribution in [3.63, 3.8) is 0 Å². The minimum atomic E-state index is -3.95. The van der Waals surface area contributed by atoms with E-state index in [9.17, 15) is 19.3 Å². The molecule has 0 bridgehead atoms. The van der Waals surface area contributed by atoms with Gasteiger partial charge in [-0.1, -0.05) is 0 Å². The molecule has 2 aromatic rings. The highest BCUT2D eigenvalue weighted by Crippen LogP contribution is 2.46. The molecule has 0 aliphatic carbocycles. The molecule has 178 valence electrons. The third-order valence-corrected chi connectivity index (χ3v) is 6.39. The fourth-order valence-corrected chi connectivity index (χ4v) is 4.88. The van der Waals surface area contributed by atoms with E-state index < -0.39 is 43.6 Å². The second-order valence-electron chi connectivity index (χ2n) is 7.65. The highest BCUT2D eigenvalue weighted by atomic mass is 31.2. The third-order valence-electron chi connectivity index (χ3n) is 4.34. The lowest BCUT2D eigenvalue weighted by atomic mass is 10.1. The fourth-order valence-electron chi connectivity index (χ4n) is 2.71.